The molecule has 1 aromatic carbocycles. The molecule has 0 aromatic heterocycles. The minimum Gasteiger partial charge on any atom is -0.490 e. The molecule has 2 aliphatic heterocycles. The molecule has 0 bridgehead atoms. The fourth-order valence-corrected chi connectivity index (χ4v) is 3.39. The molecule has 5 nitrogen and oxygen atoms in total. The van der Waals surface area contributed by atoms with Crippen LogP contribution in [0.2, 0.25) is 0 Å². The van der Waals surface area contributed by atoms with Crippen LogP contribution in [0.1, 0.15) is 37.0 Å². The molecule has 2 fully saturated rings. The Hall–Kier alpha value is -1.59. The second-order valence-electron chi connectivity index (χ2n) is 6.62. The number of nitrogens with one attached hydrogen (secondary N) is 1. The Labute approximate surface area is 137 Å². The van der Waals surface area contributed by atoms with Crippen molar-refractivity contribution in [3.8, 4) is 5.75 Å². The molecule has 0 radical (unpaired) electrons. The van der Waals surface area contributed by atoms with Crippen molar-refractivity contribution in [2.45, 2.75) is 44.9 Å². The molecule has 2 aliphatic rings. The van der Waals surface area contributed by atoms with E-state index in [2.05, 4.69) is 19.2 Å². The summed E-state index contributed by atoms with van der Waals surface area (Å²) in [6, 6.07) is 8.14. The van der Waals surface area contributed by atoms with Gasteiger partial charge in [0.2, 0.25) is 0 Å². The van der Waals surface area contributed by atoms with Crippen LogP contribution in [0, 0.1) is 0 Å². The predicted octanol–water partition coefficient (Wildman–Crippen LogP) is 2.07. The molecule has 2 heterocycles. The van der Waals surface area contributed by atoms with Gasteiger partial charge in [0.25, 0.3) is 5.91 Å². The molecular weight excluding hydrogens is 292 g/mol. The zero-order valence-electron chi connectivity index (χ0n) is 14.0. The summed E-state index contributed by atoms with van der Waals surface area (Å²) in [6.07, 6.45) is 2.27. The quantitative estimate of drug-likeness (QED) is 0.923. The minimum atomic E-state index is 0.0492. The number of carbonyl (C=O) groups excluding carboxylic acids is 1. The number of ether oxygens (including phenoxy) is 2. The maximum absolute atomic E-state index is 12.9. The van der Waals surface area contributed by atoms with Crippen LogP contribution in [0.5, 0.6) is 5.75 Å². The highest BCUT2D eigenvalue weighted by Crippen LogP contribution is 2.23. The van der Waals surface area contributed by atoms with Crippen molar-refractivity contribution in [2.24, 2.45) is 0 Å². The maximum Gasteiger partial charge on any atom is 0.257 e. The topological polar surface area (TPSA) is 50.8 Å². The predicted molar refractivity (Wildman–Crippen MR) is 88.9 cm³/mol. The van der Waals surface area contributed by atoms with E-state index in [0.717, 1.165) is 32.5 Å². The average molecular weight is 318 g/mol. The van der Waals surface area contributed by atoms with E-state index in [9.17, 15) is 4.79 Å². The van der Waals surface area contributed by atoms with Gasteiger partial charge >= 0.3 is 0 Å². The molecule has 0 saturated carbocycles. The van der Waals surface area contributed by atoms with Crippen LogP contribution in [0.15, 0.2) is 24.3 Å². The molecule has 1 amide bonds. The summed E-state index contributed by atoms with van der Waals surface area (Å²) in [6.45, 7) is 6.99. The highest BCUT2D eigenvalue weighted by Gasteiger charge is 2.27. The second-order valence-corrected chi connectivity index (χ2v) is 6.62. The summed E-state index contributed by atoms with van der Waals surface area (Å²) in [5, 5.41) is 3.45. The number of nitrogens with zero attached hydrogens (tertiary/aromatic N) is 1. The third-order valence-corrected chi connectivity index (χ3v) is 4.41. The molecule has 1 N–H and O–H groups in total. The molecule has 0 aliphatic carbocycles. The molecule has 126 valence electrons. The van der Waals surface area contributed by atoms with E-state index in [4.69, 9.17) is 9.47 Å². The van der Waals surface area contributed by atoms with Gasteiger partial charge in [-0.1, -0.05) is 12.1 Å². The first-order chi connectivity index (χ1) is 11.1. The first-order valence-electron chi connectivity index (χ1n) is 8.52. The van der Waals surface area contributed by atoms with E-state index in [1.807, 2.05) is 29.2 Å². The highest BCUT2D eigenvalue weighted by atomic mass is 16.5. The molecule has 0 unspecified atom stereocenters. The van der Waals surface area contributed by atoms with Crippen molar-refractivity contribution in [3.63, 3.8) is 0 Å². The largest absolute Gasteiger partial charge is 0.490 e. The van der Waals surface area contributed by atoms with E-state index < -0.39 is 0 Å². The van der Waals surface area contributed by atoms with E-state index >= 15 is 0 Å². The summed E-state index contributed by atoms with van der Waals surface area (Å²) in [7, 11) is 0. The Balaban J connectivity index is 1.69. The summed E-state index contributed by atoms with van der Waals surface area (Å²) >= 11 is 0. The molecule has 3 rings (SSSR count). The van der Waals surface area contributed by atoms with E-state index in [0.29, 0.717) is 30.0 Å². The van der Waals surface area contributed by atoms with Gasteiger partial charge in [-0.3, -0.25) is 4.79 Å². The first kappa shape index (κ1) is 16.3. The summed E-state index contributed by atoms with van der Waals surface area (Å²) < 4.78 is 11.5. The van der Waals surface area contributed by atoms with E-state index in [1.54, 1.807) is 0 Å². The molecule has 1 aromatic rings. The fraction of sp³-hybridized carbons (Fsp3) is 0.611. The van der Waals surface area contributed by atoms with Gasteiger partial charge in [0.05, 0.1) is 11.7 Å². The average Bonchev–Trinajstić information content (AvgIpc) is 3.05. The molecule has 3 atom stereocenters. The van der Waals surface area contributed by atoms with Gasteiger partial charge in [-0.25, -0.2) is 0 Å². The number of hydrogen-bond acceptors (Lipinski definition) is 4. The Morgan fingerprint density at radius 2 is 2.04 bits per heavy atom. The van der Waals surface area contributed by atoms with Crippen molar-refractivity contribution in [3.05, 3.63) is 29.8 Å². The summed E-state index contributed by atoms with van der Waals surface area (Å²) in [5.41, 5.74) is 0.645. The maximum atomic E-state index is 12.9. The number of hydrogen-bond donors (Lipinski definition) is 1. The van der Waals surface area contributed by atoms with Gasteiger partial charge in [-0.05, 0) is 38.8 Å². The lowest BCUT2D eigenvalue weighted by molar-refractivity contribution is 0.0621. The standard InChI is InChI=1S/C18H26N2O3/c1-13-10-20(11-14(2)19-13)18(21)16-7-3-4-8-17(16)23-12-15-6-5-9-22-15/h3-4,7-8,13-15,19H,5-6,9-12H2,1-2H3/t13-,14+,15-/m0/s1. The van der Waals surface area contributed by atoms with Crippen molar-refractivity contribution in [1.82, 2.24) is 10.2 Å². The van der Waals surface area contributed by atoms with E-state index in [-0.39, 0.29) is 12.0 Å². The number of piperazine rings is 1. The zero-order chi connectivity index (χ0) is 16.2. The van der Waals surface area contributed by atoms with E-state index in [1.165, 1.54) is 0 Å². The monoisotopic (exact) mass is 318 g/mol. The Kier molecular flexibility index (Phi) is 5.18. The lowest BCUT2D eigenvalue weighted by Gasteiger charge is -2.36. The lowest BCUT2D eigenvalue weighted by Crippen LogP contribution is -2.55. The van der Waals surface area contributed by atoms with Crippen molar-refractivity contribution < 1.29 is 14.3 Å². The van der Waals surface area contributed by atoms with Crippen molar-refractivity contribution >= 4 is 5.91 Å². The molecule has 23 heavy (non-hydrogen) atoms. The smallest absolute Gasteiger partial charge is 0.257 e. The molecule has 5 heteroatoms. The van der Waals surface area contributed by atoms with Crippen LogP contribution in [-0.4, -0.2) is 55.3 Å². The fourth-order valence-electron chi connectivity index (χ4n) is 3.39. The third-order valence-electron chi connectivity index (χ3n) is 4.41. The SMILES string of the molecule is C[C@@H]1CN(C(=O)c2ccccc2OC[C@@H]2CCCO2)C[C@H](C)N1. The van der Waals surface area contributed by atoms with Crippen molar-refractivity contribution in [1.29, 1.82) is 0 Å². The highest BCUT2D eigenvalue weighted by molar-refractivity contribution is 5.97. The number of carbonyl (C=O) groups is 1. The van der Waals surface area contributed by atoms with Crippen LogP contribution >= 0.6 is 0 Å². The minimum absolute atomic E-state index is 0.0492. The number of benzene rings is 1. The lowest BCUT2D eigenvalue weighted by atomic mass is 10.1. The Morgan fingerprint density at radius 1 is 1.30 bits per heavy atom. The first-order valence-corrected chi connectivity index (χ1v) is 8.52. The van der Waals surface area contributed by atoms with Gasteiger partial charge in [-0.15, -0.1) is 0 Å². The Bertz CT molecular complexity index is 533. The van der Waals surface area contributed by atoms with Gasteiger partial charge in [0.15, 0.2) is 0 Å². The number of amides is 1. The normalized spacial score (nSPS) is 27.9. The Morgan fingerprint density at radius 3 is 2.74 bits per heavy atom. The molecule has 2 saturated heterocycles. The summed E-state index contributed by atoms with van der Waals surface area (Å²) in [5.74, 6) is 0.708. The van der Waals surface area contributed by atoms with Gasteiger partial charge in [0.1, 0.15) is 12.4 Å². The van der Waals surface area contributed by atoms with Crippen LogP contribution in [0.4, 0.5) is 0 Å². The number of rotatable bonds is 4. The number of para-hydroxylation sites is 1. The van der Waals surface area contributed by atoms with Crippen LogP contribution < -0.4 is 10.1 Å². The summed E-state index contributed by atoms with van der Waals surface area (Å²) in [4.78, 5) is 14.8. The molecule has 0 spiro atoms. The van der Waals surface area contributed by atoms with Gasteiger partial charge in [0, 0.05) is 31.8 Å². The second kappa shape index (κ2) is 7.32. The van der Waals surface area contributed by atoms with Crippen LogP contribution in [0.3, 0.4) is 0 Å². The third kappa shape index (κ3) is 4.03. The van der Waals surface area contributed by atoms with Crippen LogP contribution in [-0.2, 0) is 4.74 Å². The zero-order valence-corrected chi connectivity index (χ0v) is 14.0. The van der Waals surface area contributed by atoms with Crippen molar-refractivity contribution in [2.75, 3.05) is 26.3 Å². The van der Waals surface area contributed by atoms with Crippen LogP contribution in [0.25, 0.3) is 0 Å². The van der Waals surface area contributed by atoms with Gasteiger partial charge in [-0.2, -0.15) is 0 Å². The van der Waals surface area contributed by atoms with Gasteiger partial charge < -0.3 is 19.7 Å². The molecular formula is C18H26N2O3.